The smallest absolute Gasteiger partial charge is 0.326 e. The van der Waals surface area contributed by atoms with Crippen LogP contribution in [0.4, 0.5) is 0 Å². The first-order chi connectivity index (χ1) is 11.2. The molecule has 0 radical (unpaired) electrons. The SMILES string of the molecule is [N-]=[N+]=NC[C@H](NC(=O)[C@H](CS)NC(=O)CC[C@H](N)C(=O)O)C(=O)O. The number of nitrogens with zero attached hydrogens (tertiary/aromatic N) is 3. The van der Waals surface area contributed by atoms with Crippen LogP contribution in [-0.4, -0.2) is 64.4 Å². The number of nitrogens with two attached hydrogens (primary N) is 1. The number of thiol groups is 1. The van der Waals surface area contributed by atoms with Crippen molar-refractivity contribution in [3.8, 4) is 0 Å². The summed E-state index contributed by atoms with van der Waals surface area (Å²) in [4.78, 5) is 47.5. The fourth-order valence-electron chi connectivity index (χ4n) is 1.45. The van der Waals surface area contributed by atoms with Crippen molar-refractivity contribution in [1.29, 1.82) is 0 Å². The summed E-state index contributed by atoms with van der Waals surface area (Å²) in [6, 6.07) is -3.80. The minimum atomic E-state index is -1.45. The lowest BCUT2D eigenvalue weighted by Crippen LogP contribution is -2.53. The van der Waals surface area contributed by atoms with Gasteiger partial charge in [0.1, 0.15) is 18.1 Å². The zero-order valence-corrected chi connectivity index (χ0v) is 13.3. The van der Waals surface area contributed by atoms with Crippen LogP contribution in [0.15, 0.2) is 5.11 Å². The molecule has 6 N–H and O–H groups in total. The predicted octanol–water partition coefficient (Wildman–Crippen LogP) is -1.53. The van der Waals surface area contributed by atoms with E-state index < -0.39 is 48.4 Å². The molecular weight excluding hydrogens is 344 g/mol. The second-order valence-electron chi connectivity index (χ2n) is 4.60. The van der Waals surface area contributed by atoms with Crippen LogP contribution in [0, 0.1) is 0 Å². The Labute approximate surface area is 141 Å². The number of nitrogens with one attached hydrogen (secondary N) is 2. The molecule has 0 bridgehead atoms. The molecule has 0 aromatic carbocycles. The number of aliphatic carboxylic acids is 2. The van der Waals surface area contributed by atoms with E-state index >= 15 is 0 Å². The van der Waals surface area contributed by atoms with Gasteiger partial charge >= 0.3 is 11.9 Å². The zero-order chi connectivity index (χ0) is 18.7. The van der Waals surface area contributed by atoms with E-state index in [1.807, 2.05) is 0 Å². The summed E-state index contributed by atoms with van der Waals surface area (Å²) >= 11 is 3.89. The van der Waals surface area contributed by atoms with Crippen LogP contribution in [0.3, 0.4) is 0 Å². The molecule has 0 aromatic rings. The van der Waals surface area contributed by atoms with Crippen LogP contribution in [0.1, 0.15) is 12.8 Å². The molecule has 0 rings (SSSR count). The van der Waals surface area contributed by atoms with E-state index in [0.29, 0.717) is 0 Å². The van der Waals surface area contributed by atoms with Gasteiger partial charge in [-0.25, -0.2) is 4.79 Å². The Balaban J connectivity index is 4.62. The van der Waals surface area contributed by atoms with E-state index in [-0.39, 0.29) is 18.6 Å². The van der Waals surface area contributed by atoms with Crippen molar-refractivity contribution < 1.29 is 29.4 Å². The highest BCUT2D eigenvalue weighted by Crippen LogP contribution is 1.98. The molecule has 3 atom stereocenters. The highest BCUT2D eigenvalue weighted by molar-refractivity contribution is 7.80. The number of amides is 2. The molecule has 0 unspecified atom stereocenters. The maximum atomic E-state index is 11.9. The number of rotatable bonds is 11. The lowest BCUT2D eigenvalue weighted by Gasteiger charge is -2.19. The van der Waals surface area contributed by atoms with Gasteiger partial charge in [0.05, 0.1) is 6.54 Å². The van der Waals surface area contributed by atoms with Gasteiger partial charge in [0.15, 0.2) is 0 Å². The fraction of sp³-hybridized carbons (Fsp3) is 0.636. The fourth-order valence-corrected chi connectivity index (χ4v) is 1.70. The quantitative estimate of drug-likeness (QED) is 0.110. The number of carbonyl (C=O) groups is 4. The van der Waals surface area contributed by atoms with E-state index in [2.05, 4.69) is 33.3 Å². The van der Waals surface area contributed by atoms with Gasteiger partial charge < -0.3 is 26.6 Å². The molecule has 0 aliphatic carbocycles. The van der Waals surface area contributed by atoms with Gasteiger partial charge in [0.2, 0.25) is 11.8 Å². The van der Waals surface area contributed by atoms with Gasteiger partial charge in [0, 0.05) is 17.1 Å². The molecule has 0 aliphatic heterocycles. The summed E-state index contributed by atoms with van der Waals surface area (Å²) in [6.45, 7) is -0.502. The maximum absolute atomic E-state index is 11.9. The second kappa shape index (κ2) is 11.1. The maximum Gasteiger partial charge on any atom is 0.326 e. The second-order valence-corrected chi connectivity index (χ2v) is 4.96. The van der Waals surface area contributed by atoms with Crippen LogP contribution in [0.5, 0.6) is 0 Å². The van der Waals surface area contributed by atoms with Crippen molar-refractivity contribution in [2.24, 2.45) is 10.8 Å². The predicted molar refractivity (Wildman–Crippen MR) is 84.2 cm³/mol. The molecule has 134 valence electrons. The first-order valence-corrected chi connectivity index (χ1v) is 7.28. The third-order valence-electron chi connectivity index (χ3n) is 2.78. The molecule has 0 aromatic heterocycles. The number of azide groups is 1. The highest BCUT2D eigenvalue weighted by Gasteiger charge is 2.25. The Kier molecular flexibility index (Phi) is 9.94. The third-order valence-corrected chi connectivity index (χ3v) is 3.14. The van der Waals surface area contributed by atoms with E-state index in [4.69, 9.17) is 21.5 Å². The standard InChI is InChI=1S/C11H18N6O6S/c12-5(10(20)21)1-2-8(18)15-7(4-24)9(19)16-6(11(22)23)3-14-17-13/h5-7,24H,1-4,12H2,(H,15,18)(H,16,19)(H,20,21)(H,22,23)/t5-,6-,7-/m0/s1. The van der Waals surface area contributed by atoms with E-state index in [1.165, 1.54) is 0 Å². The van der Waals surface area contributed by atoms with Crippen molar-refractivity contribution in [2.45, 2.75) is 31.0 Å². The van der Waals surface area contributed by atoms with Gasteiger partial charge in [-0.1, -0.05) is 5.11 Å². The third kappa shape index (κ3) is 8.22. The minimum Gasteiger partial charge on any atom is -0.480 e. The molecule has 24 heavy (non-hydrogen) atoms. The summed E-state index contributed by atoms with van der Waals surface area (Å²) in [5.74, 6) is -4.26. The average molecular weight is 362 g/mol. The van der Waals surface area contributed by atoms with E-state index in [1.54, 1.807) is 0 Å². The minimum absolute atomic E-state index is 0.128. The Morgan fingerprint density at radius 2 is 1.79 bits per heavy atom. The Morgan fingerprint density at radius 3 is 2.25 bits per heavy atom. The van der Waals surface area contributed by atoms with Gasteiger partial charge in [0.25, 0.3) is 0 Å². The van der Waals surface area contributed by atoms with Crippen LogP contribution in [0.25, 0.3) is 10.4 Å². The normalized spacial score (nSPS) is 13.8. The van der Waals surface area contributed by atoms with Gasteiger partial charge in [-0.15, -0.1) is 0 Å². The monoisotopic (exact) mass is 362 g/mol. The van der Waals surface area contributed by atoms with Gasteiger partial charge in [-0.2, -0.15) is 12.6 Å². The molecule has 12 nitrogen and oxygen atoms in total. The molecule has 0 fully saturated rings. The lowest BCUT2D eigenvalue weighted by molar-refractivity contribution is -0.141. The largest absolute Gasteiger partial charge is 0.480 e. The molecule has 0 saturated heterocycles. The Morgan fingerprint density at radius 1 is 1.17 bits per heavy atom. The molecule has 2 amide bonds. The number of carbonyl (C=O) groups excluding carboxylic acids is 2. The lowest BCUT2D eigenvalue weighted by atomic mass is 10.1. The van der Waals surface area contributed by atoms with Crippen LogP contribution < -0.4 is 16.4 Å². The number of carboxylic acid groups (broad SMARTS) is 2. The van der Waals surface area contributed by atoms with Gasteiger partial charge in [-0.05, 0) is 12.0 Å². The molecule has 0 heterocycles. The highest BCUT2D eigenvalue weighted by atomic mass is 32.1. The van der Waals surface area contributed by atoms with Crippen LogP contribution >= 0.6 is 12.6 Å². The molecule has 0 aliphatic rings. The number of hydrogen-bond acceptors (Lipinski definition) is 7. The summed E-state index contributed by atoms with van der Waals surface area (Å²) in [7, 11) is 0. The van der Waals surface area contributed by atoms with Crippen LogP contribution in [-0.2, 0) is 19.2 Å². The summed E-state index contributed by atoms with van der Waals surface area (Å²) in [5.41, 5.74) is 13.4. The summed E-state index contributed by atoms with van der Waals surface area (Å²) in [5, 5.41) is 25.0. The van der Waals surface area contributed by atoms with Crippen molar-refractivity contribution in [2.75, 3.05) is 12.3 Å². The number of carboxylic acids is 2. The molecule has 0 saturated carbocycles. The Hall–Kier alpha value is -2.50. The molecule has 0 spiro atoms. The van der Waals surface area contributed by atoms with Gasteiger partial charge in [-0.3, -0.25) is 14.4 Å². The summed E-state index contributed by atoms with van der Waals surface area (Å²) < 4.78 is 0. The topological polar surface area (TPSA) is 208 Å². The van der Waals surface area contributed by atoms with Crippen molar-refractivity contribution in [1.82, 2.24) is 10.6 Å². The van der Waals surface area contributed by atoms with E-state index in [0.717, 1.165) is 0 Å². The van der Waals surface area contributed by atoms with Crippen LogP contribution in [0.2, 0.25) is 0 Å². The van der Waals surface area contributed by atoms with E-state index in [9.17, 15) is 19.2 Å². The van der Waals surface area contributed by atoms with Crippen molar-refractivity contribution >= 4 is 36.4 Å². The first-order valence-electron chi connectivity index (χ1n) is 6.65. The molecule has 13 heteroatoms. The first kappa shape index (κ1) is 21.5. The summed E-state index contributed by atoms with van der Waals surface area (Å²) in [6.07, 6.45) is -0.358. The molecular formula is C11H18N6O6S. The number of hydrogen-bond donors (Lipinski definition) is 6. The average Bonchev–Trinajstić information content (AvgIpc) is 2.53. The zero-order valence-electron chi connectivity index (χ0n) is 12.5. The van der Waals surface area contributed by atoms with Crippen molar-refractivity contribution in [3.05, 3.63) is 10.4 Å². The van der Waals surface area contributed by atoms with Crippen molar-refractivity contribution in [3.63, 3.8) is 0 Å². The Bertz CT molecular complexity index is 537.